The van der Waals surface area contributed by atoms with Gasteiger partial charge in [0, 0.05) is 18.8 Å². The van der Waals surface area contributed by atoms with Gasteiger partial charge in [0.1, 0.15) is 11.6 Å². The second kappa shape index (κ2) is 4.58. The molecule has 1 aliphatic heterocycles. The molecule has 0 saturated carbocycles. The van der Waals surface area contributed by atoms with Crippen molar-refractivity contribution in [3.05, 3.63) is 54.0 Å². The van der Waals surface area contributed by atoms with Crippen molar-refractivity contribution in [2.24, 2.45) is 0 Å². The Kier molecular flexibility index (Phi) is 2.70. The van der Waals surface area contributed by atoms with Crippen molar-refractivity contribution in [1.29, 1.82) is 0 Å². The molecule has 0 amide bonds. The topological polar surface area (TPSA) is 34.0 Å². The number of nitrogens with zero attached hydrogens (tertiary/aromatic N) is 4. The molecule has 0 unspecified atom stereocenters. The minimum Gasteiger partial charge on any atom is -0.352 e. The zero-order valence-electron chi connectivity index (χ0n) is 12.3. The molecule has 106 valence electrons. The standard InChI is InChI=1S/C17H18N4/c1-12-6-5-9-17(18-12)20-10-14(11-20)21-13(2)19-15-7-3-4-8-16(15)21/h3-9,14H,10-11H2,1-2H3. The van der Waals surface area contributed by atoms with Gasteiger partial charge < -0.3 is 9.47 Å². The highest BCUT2D eigenvalue weighted by Crippen LogP contribution is 2.30. The molecule has 21 heavy (non-hydrogen) atoms. The minimum absolute atomic E-state index is 0.486. The van der Waals surface area contributed by atoms with Crippen LogP contribution in [0.4, 0.5) is 5.82 Å². The Hall–Kier alpha value is -2.36. The Labute approximate surface area is 124 Å². The van der Waals surface area contributed by atoms with Gasteiger partial charge in [-0.3, -0.25) is 0 Å². The molecular weight excluding hydrogens is 260 g/mol. The molecule has 4 nitrogen and oxygen atoms in total. The summed E-state index contributed by atoms with van der Waals surface area (Å²) >= 11 is 0. The maximum absolute atomic E-state index is 4.66. The second-order valence-electron chi connectivity index (χ2n) is 5.71. The number of hydrogen-bond acceptors (Lipinski definition) is 3. The van der Waals surface area contributed by atoms with Crippen LogP contribution in [0.2, 0.25) is 0 Å². The number of pyridine rings is 1. The third-order valence-electron chi connectivity index (χ3n) is 4.20. The summed E-state index contributed by atoms with van der Waals surface area (Å²) < 4.78 is 2.36. The number of fused-ring (bicyclic) bond motifs is 1. The third-order valence-corrected chi connectivity index (χ3v) is 4.20. The highest BCUT2D eigenvalue weighted by atomic mass is 15.3. The molecule has 3 heterocycles. The van der Waals surface area contributed by atoms with Crippen LogP contribution < -0.4 is 4.90 Å². The fourth-order valence-electron chi connectivity index (χ4n) is 3.14. The van der Waals surface area contributed by atoms with E-state index in [1.54, 1.807) is 0 Å². The van der Waals surface area contributed by atoms with Crippen LogP contribution >= 0.6 is 0 Å². The molecule has 0 atom stereocenters. The van der Waals surface area contributed by atoms with Gasteiger partial charge in [0.05, 0.1) is 17.1 Å². The number of para-hydroxylation sites is 2. The number of benzene rings is 1. The van der Waals surface area contributed by atoms with Crippen LogP contribution in [0.15, 0.2) is 42.5 Å². The molecule has 2 aromatic heterocycles. The summed E-state index contributed by atoms with van der Waals surface area (Å²) in [6, 6.07) is 15.0. The summed E-state index contributed by atoms with van der Waals surface area (Å²) in [6.07, 6.45) is 0. The summed E-state index contributed by atoms with van der Waals surface area (Å²) in [6.45, 7) is 6.12. The highest BCUT2D eigenvalue weighted by Gasteiger charge is 2.31. The first-order valence-corrected chi connectivity index (χ1v) is 7.34. The predicted molar refractivity (Wildman–Crippen MR) is 84.7 cm³/mol. The van der Waals surface area contributed by atoms with Crippen LogP contribution in [0.5, 0.6) is 0 Å². The average molecular weight is 278 g/mol. The first kappa shape index (κ1) is 12.4. The van der Waals surface area contributed by atoms with Gasteiger partial charge in [-0.15, -0.1) is 0 Å². The van der Waals surface area contributed by atoms with E-state index < -0.39 is 0 Å². The van der Waals surface area contributed by atoms with Crippen LogP contribution in [0.25, 0.3) is 11.0 Å². The number of imidazole rings is 1. The zero-order chi connectivity index (χ0) is 14.4. The van der Waals surface area contributed by atoms with Crippen molar-refractivity contribution < 1.29 is 0 Å². The molecule has 1 fully saturated rings. The van der Waals surface area contributed by atoms with Crippen LogP contribution in [0.1, 0.15) is 17.6 Å². The molecule has 1 aliphatic rings. The lowest BCUT2D eigenvalue weighted by Crippen LogP contribution is -2.48. The third kappa shape index (κ3) is 1.98. The van der Waals surface area contributed by atoms with E-state index in [0.29, 0.717) is 6.04 Å². The Morgan fingerprint density at radius 3 is 2.57 bits per heavy atom. The lowest BCUT2D eigenvalue weighted by molar-refractivity contribution is 0.399. The van der Waals surface area contributed by atoms with Crippen molar-refractivity contribution >= 4 is 16.9 Å². The predicted octanol–water partition coefficient (Wildman–Crippen LogP) is 3.11. The molecule has 1 saturated heterocycles. The Morgan fingerprint density at radius 2 is 1.76 bits per heavy atom. The normalized spacial score (nSPS) is 15.4. The van der Waals surface area contributed by atoms with Gasteiger partial charge in [-0.1, -0.05) is 18.2 Å². The van der Waals surface area contributed by atoms with E-state index in [1.165, 1.54) is 5.52 Å². The smallest absolute Gasteiger partial charge is 0.128 e. The van der Waals surface area contributed by atoms with E-state index in [0.717, 1.165) is 35.9 Å². The Morgan fingerprint density at radius 1 is 0.952 bits per heavy atom. The van der Waals surface area contributed by atoms with Gasteiger partial charge in [-0.25, -0.2) is 9.97 Å². The Balaban J connectivity index is 1.61. The summed E-state index contributed by atoms with van der Waals surface area (Å²) in [7, 11) is 0. The molecule has 0 aliphatic carbocycles. The largest absolute Gasteiger partial charge is 0.352 e. The average Bonchev–Trinajstić information content (AvgIpc) is 2.74. The van der Waals surface area contributed by atoms with Gasteiger partial charge in [0.15, 0.2) is 0 Å². The quantitative estimate of drug-likeness (QED) is 0.722. The van der Waals surface area contributed by atoms with Crippen molar-refractivity contribution in [2.75, 3.05) is 18.0 Å². The van der Waals surface area contributed by atoms with Gasteiger partial charge in [0.2, 0.25) is 0 Å². The van der Waals surface area contributed by atoms with E-state index in [1.807, 2.05) is 19.1 Å². The van der Waals surface area contributed by atoms with Crippen molar-refractivity contribution in [3.63, 3.8) is 0 Å². The molecule has 0 bridgehead atoms. The van der Waals surface area contributed by atoms with E-state index in [9.17, 15) is 0 Å². The maximum Gasteiger partial charge on any atom is 0.128 e. The summed E-state index contributed by atoms with van der Waals surface area (Å²) in [4.78, 5) is 11.6. The molecule has 0 N–H and O–H groups in total. The summed E-state index contributed by atoms with van der Waals surface area (Å²) in [5.74, 6) is 2.17. The van der Waals surface area contributed by atoms with Crippen LogP contribution in [0, 0.1) is 13.8 Å². The van der Waals surface area contributed by atoms with E-state index in [4.69, 9.17) is 0 Å². The number of aromatic nitrogens is 3. The van der Waals surface area contributed by atoms with E-state index >= 15 is 0 Å². The van der Waals surface area contributed by atoms with Crippen molar-refractivity contribution in [1.82, 2.24) is 14.5 Å². The molecular formula is C17H18N4. The zero-order valence-corrected chi connectivity index (χ0v) is 12.3. The van der Waals surface area contributed by atoms with Crippen molar-refractivity contribution in [2.45, 2.75) is 19.9 Å². The molecule has 3 aromatic rings. The van der Waals surface area contributed by atoms with Crippen LogP contribution in [-0.2, 0) is 0 Å². The van der Waals surface area contributed by atoms with Crippen molar-refractivity contribution in [3.8, 4) is 0 Å². The second-order valence-corrected chi connectivity index (χ2v) is 5.71. The number of hydrogen-bond donors (Lipinski definition) is 0. The molecule has 4 heteroatoms. The van der Waals surface area contributed by atoms with Gasteiger partial charge in [0.25, 0.3) is 0 Å². The number of anilines is 1. The molecule has 1 aromatic carbocycles. The van der Waals surface area contributed by atoms with Gasteiger partial charge >= 0.3 is 0 Å². The summed E-state index contributed by atoms with van der Waals surface area (Å²) in [5.41, 5.74) is 3.39. The fraction of sp³-hybridized carbons (Fsp3) is 0.294. The molecule has 4 rings (SSSR count). The highest BCUT2D eigenvalue weighted by molar-refractivity contribution is 5.76. The van der Waals surface area contributed by atoms with Crippen LogP contribution in [0.3, 0.4) is 0 Å². The SMILES string of the molecule is Cc1cccc(N2CC(n3c(C)nc4ccccc43)C2)n1. The van der Waals surface area contributed by atoms with Gasteiger partial charge in [-0.05, 0) is 38.1 Å². The maximum atomic E-state index is 4.66. The number of rotatable bonds is 2. The first-order valence-electron chi connectivity index (χ1n) is 7.34. The summed E-state index contributed by atoms with van der Waals surface area (Å²) in [5, 5.41) is 0. The molecule has 0 radical (unpaired) electrons. The fourth-order valence-corrected chi connectivity index (χ4v) is 3.14. The lowest BCUT2D eigenvalue weighted by atomic mass is 10.1. The Bertz CT molecular complexity index is 799. The van der Waals surface area contributed by atoms with E-state index in [2.05, 4.69) is 56.7 Å². The lowest BCUT2D eigenvalue weighted by Gasteiger charge is -2.41. The van der Waals surface area contributed by atoms with Gasteiger partial charge in [-0.2, -0.15) is 0 Å². The van der Waals surface area contributed by atoms with E-state index in [-0.39, 0.29) is 0 Å². The van der Waals surface area contributed by atoms with Crippen LogP contribution in [-0.4, -0.2) is 27.6 Å². The molecule has 0 spiro atoms. The monoisotopic (exact) mass is 278 g/mol. The first-order chi connectivity index (χ1) is 10.2. The number of aryl methyl sites for hydroxylation is 2. The minimum atomic E-state index is 0.486.